The topological polar surface area (TPSA) is 78.7 Å². The van der Waals surface area contributed by atoms with Gasteiger partial charge in [0.2, 0.25) is 11.8 Å². The van der Waals surface area contributed by atoms with E-state index in [1.165, 1.54) is 5.56 Å². The average molecular weight is 383 g/mol. The number of amides is 2. The van der Waals surface area contributed by atoms with Gasteiger partial charge < -0.3 is 16.0 Å². The van der Waals surface area contributed by atoms with Gasteiger partial charge in [-0.1, -0.05) is 44.2 Å². The number of carbonyl (C=O) groups excluding carboxylic acids is 2. The van der Waals surface area contributed by atoms with Crippen molar-refractivity contribution in [1.82, 2.24) is 15.1 Å². The summed E-state index contributed by atoms with van der Waals surface area (Å²) >= 11 is 0. The molecule has 0 saturated carbocycles. The number of halogens is 1. The maximum Gasteiger partial charge on any atom is 0.242 e. The van der Waals surface area contributed by atoms with Gasteiger partial charge >= 0.3 is 0 Å². The number of rotatable bonds is 7. The van der Waals surface area contributed by atoms with Crippen molar-refractivity contribution in [2.24, 2.45) is 11.7 Å². The van der Waals surface area contributed by atoms with E-state index in [1.807, 2.05) is 39.1 Å². The van der Waals surface area contributed by atoms with E-state index in [0.717, 1.165) is 26.1 Å². The zero-order valence-electron chi connectivity index (χ0n) is 15.9. The highest BCUT2D eigenvalue weighted by Crippen LogP contribution is 2.17. The minimum absolute atomic E-state index is 0. The molecule has 1 saturated heterocycles. The number of carbonyl (C=O) groups is 2. The molecule has 1 heterocycles. The Labute approximate surface area is 162 Å². The van der Waals surface area contributed by atoms with E-state index < -0.39 is 6.04 Å². The number of hydrogen-bond acceptors (Lipinski definition) is 4. The summed E-state index contributed by atoms with van der Waals surface area (Å²) in [7, 11) is 1.81. The molecule has 1 fully saturated rings. The highest BCUT2D eigenvalue weighted by atomic mass is 35.5. The molecule has 3 N–H and O–H groups in total. The number of nitrogens with one attached hydrogen (secondary N) is 1. The minimum atomic E-state index is -0.578. The summed E-state index contributed by atoms with van der Waals surface area (Å²) in [6.07, 6.45) is 0.953. The predicted molar refractivity (Wildman–Crippen MR) is 106 cm³/mol. The summed E-state index contributed by atoms with van der Waals surface area (Å²) in [4.78, 5) is 28.3. The number of nitrogens with zero attached hydrogens (tertiary/aromatic N) is 2. The van der Waals surface area contributed by atoms with Crippen molar-refractivity contribution in [1.29, 1.82) is 0 Å². The molecule has 0 bridgehead atoms. The van der Waals surface area contributed by atoms with Gasteiger partial charge in [-0.05, 0) is 17.9 Å². The van der Waals surface area contributed by atoms with Gasteiger partial charge in [0.15, 0.2) is 0 Å². The first kappa shape index (κ1) is 22.4. The Balaban J connectivity index is 0.00000338. The van der Waals surface area contributed by atoms with Crippen LogP contribution in [0.25, 0.3) is 0 Å². The first-order valence-corrected chi connectivity index (χ1v) is 8.93. The molecule has 2 rings (SSSR count). The van der Waals surface area contributed by atoms with Crippen LogP contribution in [-0.4, -0.2) is 60.4 Å². The molecule has 7 heteroatoms. The quantitative estimate of drug-likeness (QED) is 0.743. The molecule has 0 aromatic heterocycles. The van der Waals surface area contributed by atoms with Crippen LogP contribution in [0, 0.1) is 5.92 Å². The second kappa shape index (κ2) is 10.5. The van der Waals surface area contributed by atoms with E-state index in [0.29, 0.717) is 0 Å². The van der Waals surface area contributed by atoms with Gasteiger partial charge in [-0.15, -0.1) is 12.4 Å². The molecular formula is C19H31ClN4O2. The number of hydrogen-bond donors (Lipinski definition) is 2. The van der Waals surface area contributed by atoms with Crippen molar-refractivity contribution in [2.75, 3.05) is 26.7 Å². The summed E-state index contributed by atoms with van der Waals surface area (Å²) in [5, 5.41) is 2.65. The van der Waals surface area contributed by atoms with E-state index in [9.17, 15) is 9.59 Å². The van der Waals surface area contributed by atoms with Crippen molar-refractivity contribution >= 4 is 24.2 Å². The van der Waals surface area contributed by atoms with Crippen LogP contribution in [-0.2, 0) is 16.1 Å². The fraction of sp³-hybridized carbons (Fsp3) is 0.579. The van der Waals surface area contributed by atoms with Crippen molar-refractivity contribution < 1.29 is 9.59 Å². The highest BCUT2D eigenvalue weighted by Gasteiger charge is 2.28. The summed E-state index contributed by atoms with van der Waals surface area (Å²) in [6, 6.07) is 9.96. The Morgan fingerprint density at radius 3 is 2.58 bits per heavy atom. The van der Waals surface area contributed by atoms with Gasteiger partial charge in [0, 0.05) is 32.7 Å². The molecule has 0 radical (unpaired) electrons. The third-order valence-electron chi connectivity index (χ3n) is 4.87. The number of nitrogens with two attached hydrogens (primary N) is 1. The van der Waals surface area contributed by atoms with Gasteiger partial charge in [0.25, 0.3) is 0 Å². The summed E-state index contributed by atoms with van der Waals surface area (Å²) in [5.74, 6) is -0.293. The van der Waals surface area contributed by atoms with Crippen molar-refractivity contribution in [3.8, 4) is 0 Å². The largest absolute Gasteiger partial charge is 0.346 e. The van der Waals surface area contributed by atoms with Crippen LogP contribution in [0.15, 0.2) is 30.3 Å². The molecule has 146 valence electrons. The fourth-order valence-corrected chi connectivity index (χ4v) is 3.03. The number of benzene rings is 1. The normalized spacial score (nSPS) is 18.3. The number of likely N-dealkylation sites (N-methyl/N-ethyl adjacent to an activating group) is 1. The monoisotopic (exact) mass is 382 g/mol. The third kappa shape index (κ3) is 6.27. The maximum absolute atomic E-state index is 12.3. The van der Waals surface area contributed by atoms with Crippen LogP contribution in [0.5, 0.6) is 0 Å². The van der Waals surface area contributed by atoms with Crippen molar-refractivity contribution in [2.45, 2.75) is 38.9 Å². The highest BCUT2D eigenvalue weighted by molar-refractivity contribution is 5.87. The Hall–Kier alpha value is -1.63. The third-order valence-corrected chi connectivity index (χ3v) is 4.87. The molecule has 0 spiro atoms. The van der Waals surface area contributed by atoms with E-state index in [1.54, 1.807) is 4.90 Å². The SMILES string of the molecule is CC(C)[C@H](N)C(=O)NCC(=O)N(C)C1CCN(Cc2ccccc2)C1.Cl. The molecule has 0 aliphatic carbocycles. The molecule has 6 nitrogen and oxygen atoms in total. The Morgan fingerprint density at radius 1 is 1.31 bits per heavy atom. The van der Waals surface area contributed by atoms with Gasteiger partial charge in [-0.3, -0.25) is 14.5 Å². The smallest absolute Gasteiger partial charge is 0.242 e. The van der Waals surface area contributed by atoms with Crippen molar-refractivity contribution in [3.05, 3.63) is 35.9 Å². The van der Waals surface area contributed by atoms with Gasteiger partial charge in [0.05, 0.1) is 12.6 Å². The zero-order valence-corrected chi connectivity index (χ0v) is 16.7. The number of likely N-dealkylation sites (tertiary alicyclic amines) is 1. The first-order chi connectivity index (χ1) is 11.9. The predicted octanol–water partition coefficient (Wildman–Crippen LogP) is 1.24. The molecule has 2 amide bonds. The standard InChI is InChI=1S/C19H30N4O2.ClH/c1-14(2)18(20)19(25)21-11-17(24)22(3)16-9-10-23(13-16)12-15-7-5-4-6-8-15;/h4-8,14,16,18H,9-13,20H2,1-3H3,(H,21,25);1H/t16?,18-;/m0./s1. The Bertz CT molecular complexity index is 582. The van der Waals surface area contributed by atoms with Crippen LogP contribution in [0.1, 0.15) is 25.8 Å². The van der Waals surface area contributed by atoms with Crippen LogP contribution < -0.4 is 11.1 Å². The van der Waals surface area contributed by atoms with Crippen LogP contribution in [0.4, 0.5) is 0 Å². The van der Waals surface area contributed by atoms with Crippen LogP contribution in [0.2, 0.25) is 0 Å². The molecule has 1 aromatic rings. The molecule has 1 aliphatic rings. The second-order valence-corrected chi connectivity index (χ2v) is 7.16. The minimum Gasteiger partial charge on any atom is -0.346 e. The molecule has 26 heavy (non-hydrogen) atoms. The van der Waals surface area contributed by atoms with Gasteiger partial charge in [0.1, 0.15) is 0 Å². The fourth-order valence-electron chi connectivity index (χ4n) is 3.03. The van der Waals surface area contributed by atoms with Crippen molar-refractivity contribution in [3.63, 3.8) is 0 Å². The molecule has 1 unspecified atom stereocenters. The van der Waals surface area contributed by atoms with E-state index >= 15 is 0 Å². The van der Waals surface area contributed by atoms with E-state index in [-0.39, 0.29) is 42.7 Å². The lowest BCUT2D eigenvalue weighted by Crippen LogP contribution is -2.49. The summed E-state index contributed by atoms with van der Waals surface area (Å²) < 4.78 is 0. The second-order valence-electron chi connectivity index (χ2n) is 7.16. The van der Waals surface area contributed by atoms with Gasteiger partial charge in [-0.2, -0.15) is 0 Å². The lowest BCUT2D eigenvalue weighted by Gasteiger charge is -2.25. The Morgan fingerprint density at radius 2 is 1.96 bits per heavy atom. The molecule has 1 aliphatic heterocycles. The van der Waals surface area contributed by atoms with E-state index in [2.05, 4.69) is 22.3 Å². The average Bonchev–Trinajstić information content (AvgIpc) is 3.07. The molecule has 1 aromatic carbocycles. The summed E-state index contributed by atoms with van der Waals surface area (Å²) in [6.45, 7) is 6.51. The lowest BCUT2D eigenvalue weighted by atomic mass is 10.1. The summed E-state index contributed by atoms with van der Waals surface area (Å²) in [5.41, 5.74) is 7.08. The van der Waals surface area contributed by atoms with Crippen LogP contribution in [0.3, 0.4) is 0 Å². The molecule has 2 atom stereocenters. The van der Waals surface area contributed by atoms with Gasteiger partial charge in [-0.25, -0.2) is 0 Å². The molecular weight excluding hydrogens is 352 g/mol. The first-order valence-electron chi connectivity index (χ1n) is 8.93. The lowest BCUT2D eigenvalue weighted by molar-refractivity contribution is -0.133. The Kier molecular flexibility index (Phi) is 9.05. The van der Waals surface area contributed by atoms with Crippen LogP contribution >= 0.6 is 12.4 Å². The zero-order chi connectivity index (χ0) is 18.4. The van der Waals surface area contributed by atoms with E-state index in [4.69, 9.17) is 5.73 Å². The maximum atomic E-state index is 12.3.